The van der Waals surface area contributed by atoms with Crippen LogP contribution in [0.15, 0.2) is 41.1 Å². The molecule has 17 heavy (non-hydrogen) atoms. The van der Waals surface area contributed by atoms with Gasteiger partial charge in [-0.3, -0.25) is 4.98 Å². The Bertz CT molecular complexity index is 689. The van der Waals surface area contributed by atoms with Crippen molar-refractivity contribution in [2.45, 2.75) is 26.2 Å². The standard InChI is InChI=1S/C15H15NO/c1-15(2,3)10-4-5-13-11(8-10)12-9-16-7-6-14(12)17-13/h4-9H,1-3H3. The minimum absolute atomic E-state index is 0.153. The number of benzene rings is 1. The number of hydrogen-bond acceptors (Lipinski definition) is 2. The summed E-state index contributed by atoms with van der Waals surface area (Å²) in [5.41, 5.74) is 3.30. The van der Waals surface area contributed by atoms with Gasteiger partial charge in [0, 0.05) is 23.2 Å². The maximum Gasteiger partial charge on any atom is 0.138 e. The van der Waals surface area contributed by atoms with Crippen LogP contribution < -0.4 is 0 Å². The van der Waals surface area contributed by atoms with Crippen molar-refractivity contribution in [2.24, 2.45) is 0 Å². The Balaban J connectivity index is 2.38. The number of nitrogens with zero attached hydrogens (tertiary/aromatic N) is 1. The SMILES string of the molecule is CC(C)(C)c1ccc2oc3ccncc3c2c1. The predicted molar refractivity (Wildman–Crippen MR) is 70.2 cm³/mol. The topological polar surface area (TPSA) is 26.0 Å². The first kappa shape index (κ1) is 10.3. The van der Waals surface area contributed by atoms with Gasteiger partial charge in [-0.15, -0.1) is 0 Å². The van der Waals surface area contributed by atoms with Crippen LogP contribution in [0, 0.1) is 0 Å². The fourth-order valence-corrected chi connectivity index (χ4v) is 2.09. The van der Waals surface area contributed by atoms with Gasteiger partial charge in [0.2, 0.25) is 0 Å². The van der Waals surface area contributed by atoms with Crippen LogP contribution in [-0.2, 0) is 5.41 Å². The van der Waals surface area contributed by atoms with E-state index in [1.807, 2.05) is 12.3 Å². The number of pyridine rings is 1. The van der Waals surface area contributed by atoms with Crippen LogP contribution in [0.1, 0.15) is 26.3 Å². The van der Waals surface area contributed by atoms with Gasteiger partial charge in [-0.05, 0) is 29.2 Å². The molecule has 3 aromatic rings. The van der Waals surface area contributed by atoms with E-state index in [9.17, 15) is 0 Å². The Kier molecular flexibility index (Phi) is 2.02. The number of aromatic nitrogens is 1. The number of furan rings is 1. The zero-order valence-electron chi connectivity index (χ0n) is 10.3. The fourth-order valence-electron chi connectivity index (χ4n) is 2.09. The third-order valence-corrected chi connectivity index (χ3v) is 3.14. The average Bonchev–Trinajstić information content (AvgIpc) is 2.65. The zero-order valence-corrected chi connectivity index (χ0v) is 10.3. The van der Waals surface area contributed by atoms with Crippen molar-refractivity contribution < 1.29 is 4.42 Å². The summed E-state index contributed by atoms with van der Waals surface area (Å²) in [4.78, 5) is 4.17. The molecule has 0 aliphatic carbocycles. The molecule has 0 aliphatic heterocycles. The second kappa shape index (κ2) is 3.33. The van der Waals surface area contributed by atoms with Crippen molar-refractivity contribution in [2.75, 3.05) is 0 Å². The van der Waals surface area contributed by atoms with Crippen molar-refractivity contribution >= 4 is 21.9 Å². The lowest BCUT2D eigenvalue weighted by atomic mass is 9.86. The Hall–Kier alpha value is -1.83. The van der Waals surface area contributed by atoms with Gasteiger partial charge >= 0.3 is 0 Å². The molecule has 0 fully saturated rings. The molecular weight excluding hydrogens is 210 g/mol. The van der Waals surface area contributed by atoms with Crippen molar-refractivity contribution in [3.63, 3.8) is 0 Å². The molecule has 0 unspecified atom stereocenters. The van der Waals surface area contributed by atoms with Crippen LogP contribution in [0.5, 0.6) is 0 Å². The Morgan fingerprint density at radius 3 is 2.53 bits per heavy atom. The first-order valence-corrected chi connectivity index (χ1v) is 5.82. The van der Waals surface area contributed by atoms with Crippen LogP contribution in [-0.4, -0.2) is 4.98 Å². The van der Waals surface area contributed by atoms with Gasteiger partial charge in [0.1, 0.15) is 11.2 Å². The molecule has 2 heterocycles. The number of hydrogen-bond donors (Lipinski definition) is 0. The van der Waals surface area contributed by atoms with Crippen LogP contribution in [0.4, 0.5) is 0 Å². The molecule has 2 heteroatoms. The first-order chi connectivity index (χ1) is 8.05. The quantitative estimate of drug-likeness (QED) is 0.570. The van der Waals surface area contributed by atoms with Crippen LogP contribution >= 0.6 is 0 Å². The molecule has 2 nitrogen and oxygen atoms in total. The summed E-state index contributed by atoms with van der Waals surface area (Å²) in [7, 11) is 0. The highest BCUT2D eigenvalue weighted by Gasteiger charge is 2.15. The van der Waals surface area contributed by atoms with Crippen molar-refractivity contribution in [1.82, 2.24) is 4.98 Å². The molecule has 0 saturated heterocycles. The largest absolute Gasteiger partial charge is 0.456 e. The first-order valence-electron chi connectivity index (χ1n) is 5.82. The molecule has 0 N–H and O–H groups in total. The summed E-state index contributed by atoms with van der Waals surface area (Å²) >= 11 is 0. The molecular formula is C15H15NO. The lowest BCUT2D eigenvalue weighted by Crippen LogP contribution is -2.10. The van der Waals surface area contributed by atoms with Gasteiger partial charge in [0.25, 0.3) is 0 Å². The Labute approximate surface area is 100 Å². The lowest BCUT2D eigenvalue weighted by Gasteiger charge is -2.18. The molecule has 2 aromatic heterocycles. The van der Waals surface area contributed by atoms with Gasteiger partial charge in [-0.25, -0.2) is 0 Å². The smallest absolute Gasteiger partial charge is 0.138 e. The van der Waals surface area contributed by atoms with Crippen LogP contribution in [0.3, 0.4) is 0 Å². The van der Waals surface area contributed by atoms with E-state index in [4.69, 9.17) is 4.42 Å². The average molecular weight is 225 g/mol. The van der Waals surface area contributed by atoms with Gasteiger partial charge < -0.3 is 4.42 Å². The van der Waals surface area contributed by atoms with E-state index in [2.05, 4.69) is 44.0 Å². The van der Waals surface area contributed by atoms with Gasteiger partial charge in [-0.2, -0.15) is 0 Å². The third-order valence-electron chi connectivity index (χ3n) is 3.14. The van der Waals surface area contributed by atoms with Crippen molar-refractivity contribution in [1.29, 1.82) is 0 Å². The molecule has 1 aromatic carbocycles. The van der Waals surface area contributed by atoms with Crippen molar-refractivity contribution in [3.05, 3.63) is 42.2 Å². The molecule has 0 saturated carbocycles. The highest BCUT2D eigenvalue weighted by Crippen LogP contribution is 2.32. The molecule has 3 rings (SSSR count). The van der Waals surface area contributed by atoms with E-state index in [1.54, 1.807) is 6.20 Å². The monoisotopic (exact) mass is 225 g/mol. The number of rotatable bonds is 0. The van der Waals surface area contributed by atoms with E-state index < -0.39 is 0 Å². The lowest BCUT2D eigenvalue weighted by molar-refractivity contribution is 0.590. The highest BCUT2D eigenvalue weighted by atomic mass is 16.3. The summed E-state index contributed by atoms with van der Waals surface area (Å²) in [5, 5.41) is 2.24. The molecule has 0 radical (unpaired) electrons. The number of fused-ring (bicyclic) bond motifs is 3. The summed E-state index contributed by atoms with van der Waals surface area (Å²) < 4.78 is 5.78. The molecule has 0 amide bonds. The van der Waals surface area contributed by atoms with Crippen LogP contribution in [0.25, 0.3) is 21.9 Å². The van der Waals surface area contributed by atoms with Gasteiger partial charge in [-0.1, -0.05) is 26.8 Å². The Morgan fingerprint density at radius 2 is 1.76 bits per heavy atom. The fraction of sp³-hybridized carbons (Fsp3) is 0.267. The maximum atomic E-state index is 5.78. The van der Waals surface area contributed by atoms with Crippen molar-refractivity contribution in [3.8, 4) is 0 Å². The molecule has 0 atom stereocenters. The van der Waals surface area contributed by atoms with Gasteiger partial charge in [0.15, 0.2) is 0 Å². The summed E-state index contributed by atoms with van der Waals surface area (Å²) in [5.74, 6) is 0. The molecule has 0 aliphatic rings. The summed E-state index contributed by atoms with van der Waals surface area (Å²) in [6, 6.07) is 8.31. The minimum atomic E-state index is 0.153. The summed E-state index contributed by atoms with van der Waals surface area (Å²) in [6.07, 6.45) is 3.63. The van der Waals surface area contributed by atoms with Crippen LogP contribution in [0.2, 0.25) is 0 Å². The highest BCUT2D eigenvalue weighted by molar-refractivity contribution is 6.04. The second-order valence-electron chi connectivity index (χ2n) is 5.43. The molecule has 0 spiro atoms. The normalized spacial score (nSPS) is 12.4. The van der Waals surface area contributed by atoms with E-state index in [-0.39, 0.29) is 5.41 Å². The zero-order chi connectivity index (χ0) is 12.0. The van der Waals surface area contributed by atoms with E-state index in [1.165, 1.54) is 5.56 Å². The van der Waals surface area contributed by atoms with E-state index >= 15 is 0 Å². The summed E-state index contributed by atoms with van der Waals surface area (Å²) in [6.45, 7) is 6.65. The molecule has 86 valence electrons. The minimum Gasteiger partial charge on any atom is -0.456 e. The second-order valence-corrected chi connectivity index (χ2v) is 5.43. The molecule has 0 bridgehead atoms. The maximum absolute atomic E-state index is 5.78. The third kappa shape index (κ3) is 1.60. The van der Waals surface area contributed by atoms with E-state index in [0.29, 0.717) is 0 Å². The van der Waals surface area contributed by atoms with E-state index in [0.717, 1.165) is 21.9 Å². The predicted octanol–water partition coefficient (Wildman–Crippen LogP) is 4.28. The van der Waals surface area contributed by atoms with Gasteiger partial charge in [0.05, 0.1) is 0 Å². The Morgan fingerprint density at radius 1 is 1.00 bits per heavy atom.